The van der Waals surface area contributed by atoms with Gasteiger partial charge in [-0.3, -0.25) is 4.79 Å². The predicted octanol–water partition coefficient (Wildman–Crippen LogP) is 2.26. The quantitative estimate of drug-likeness (QED) is 0.887. The molecule has 2 heterocycles. The van der Waals surface area contributed by atoms with E-state index in [-0.39, 0.29) is 22.9 Å². The summed E-state index contributed by atoms with van der Waals surface area (Å²) >= 11 is 0. The average Bonchev–Trinajstić information content (AvgIpc) is 2.54. The Labute approximate surface area is 127 Å². The van der Waals surface area contributed by atoms with Crippen LogP contribution in [0.4, 0.5) is 0 Å². The van der Waals surface area contributed by atoms with Crippen molar-refractivity contribution in [2.24, 2.45) is 0 Å². The predicted molar refractivity (Wildman–Crippen MR) is 80.1 cm³/mol. The number of piperidine rings is 1. The van der Waals surface area contributed by atoms with Crippen molar-refractivity contribution in [1.82, 2.24) is 9.88 Å². The fourth-order valence-corrected chi connectivity index (χ4v) is 2.77. The first-order chi connectivity index (χ1) is 10.6. The molecule has 6 nitrogen and oxygen atoms in total. The standard InChI is InChI=1S/C16H16N2O4/c19-10-4-5-13-11(8-10)12(9-14(17-13)16(21)22)15(20)18-6-2-1-3-7-18/h4-5,8-9,19H,1-3,6-7H2,(H,21,22). The number of pyridine rings is 1. The molecule has 0 spiro atoms. The largest absolute Gasteiger partial charge is 0.508 e. The van der Waals surface area contributed by atoms with Gasteiger partial charge >= 0.3 is 5.97 Å². The number of aromatic hydroxyl groups is 1. The van der Waals surface area contributed by atoms with Crippen molar-refractivity contribution in [2.45, 2.75) is 19.3 Å². The number of carboxylic acids is 1. The lowest BCUT2D eigenvalue weighted by Gasteiger charge is -2.27. The van der Waals surface area contributed by atoms with E-state index in [0.717, 1.165) is 19.3 Å². The fraction of sp³-hybridized carbons (Fsp3) is 0.312. The van der Waals surface area contributed by atoms with Crippen molar-refractivity contribution in [3.05, 3.63) is 35.5 Å². The van der Waals surface area contributed by atoms with E-state index in [9.17, 15) is 19.8 Å². The number of carbonyl (C=O) groups excluding carboxylic acids is 1. The molecule has 0 bridgehead atoms. The average molecular weight is 300 g/mol. The Hall–Kier alpha value is -2.63. The molecule has 0 unspecified atom stereocenters. The molecule has 1 saturated heterocycles. The summed E-state index contributed by atoms with van der Waals surface area (Å²) in [7, 11) is 0. The number of carboxylic acid groups (broad SMARTS) is 1. The Morgan fingerprint density at radius 1 is 1.09 bits per heavy atom. The molecule has 2 aromatic rings. The molecule has 1 fully saturated rings. The first kappa shape index (κ1) is 14.3. The molecule has 1 aromatic heterocycles. The number of hydrogen-bond acceptors (Lipinski definition) is 4. The molecule has 0 saturated carbocycles. The summed E-state index contributed by atoms with van der Waals surface area (Å²) in [4.78, 5) is 29.7. The number of amides is 1. The monoisotopic (exact) mass is 300 g/mol. The van der Waals surface area contributed by atoms with Crippen LogP contribution in [-0.4, -0.2) is 45.1 Å². The molecule has 0 atom stereocenters. The highest BCUT2D eigenvalue weighted by Gasteiger charge is 2.22. The molecule has 6 heteroatoms. The Morgan fingerprint density at radius 3 is 2.50 bits per heavy atom. The molecular weight excluding hydrogens is 284 g/mol. The number of aromatic nitrogens is 1. The maximum atomic E-state index is 12.7. The normalized spacial score (nSPS) is 15.0. The van der Waals surface area contributed by atoms with Gasteiger partial charge in [-0.2, -0.15) is 0 Å². The first-order valence-electron chi connectivity index (χ1n) is 7.22. The summed E-state index contributed by atoms with van der Waals surface area (Å²) in [6.07, 6.45) is 3.00. The third-order valence-corrected chi connectivity index (χ3v) is 3.89. The molecule has 114 valence electrons. The highest BCUT2D eigenvalue weighted by atomic mass is 16.4. The van der Waals surface area contributed by atoms with Crippen LogP contribution in [0.15, 0.2) is 24.3 Å². The Kier molecular flexibility index (Phi) is 3.66. The summed E-state index contributed by atoms with van der Waals surface area (Å²) in [5.41, 5.74) is 0.497. The lowest BCUT2D eigenvalue weighted by Crippen LogP contribution is -2.35. The van der Waals surface area contributed by atoms with Gasteiger partial charge in [0, 0.05) is 18.5 Å². The van der Waals surface area contributed by atoms with Crippen LogP contribution in [0, 0.1) is 0 Å². The van der Waals surface area contributed by atoms with Crippen LogP contribution >= 0.6 is 0 Å². The number of rotatable bonds is 2. The Balaban J connectivity index is 2.14. The van der Waals surface area contributed by atoms with Crippen molar-refractivity contribution in [3.63, 3.8) is 0 Å². The van der Waals surface area contributed by atoms with Gasteiger partial charge in [0.05, 0.1) is 11.1 Å². The van der Waals surface area contributed by atoms with Crippen LogP contribution in [0.1, 0.15) is 40.1 Å². The minimum Gasteiger partial charge on any atom is -0.508 e. The van der Waals surface area contributed by atoms with Crippen LogP contribution in [0.25, 0.3) is 10.9 Å². The first-order valence-corrected chi connectivity index (χ1v) is 7.22. The van der Waals surface area contributed by atoms with Crippen LogP contribution < -0.4 is 0 Å². The second kappa shape index (κ2) is 5.63. The molecule has 1 aromatic carbocycles. The molecule has 1 aliphatic rings. The molecule has 22 heavy (non-hydrogen) atoms. The molecule has 3 rings (SSSR count). The van der Waals surface area contributed by atoms with E-state index >= 15 is 0 Å². The van der Waals surface area contributed by atoms with Crippen LogP contribution in [0.3, 0.4) is 0 Å². The number of aromatic carboxylic acids is 1. The van der Waals surface area contributed by atoms with Gasteiger partial charge in [0.25, 0.3) is 5.91 Å². The summed E-state index contributed by atoms with van der Waals surface area (Å²) < 4.78 is 0. The maximum Gasteiger partial charge on any atom is 0.354 e. The van der Waals surface area contributed by atoms with E-state index in [1.54, 1.807) is 4.90 Å². The summed E-state index contributed by atoms with van der Waals surface area (Å²) in [5.74, 6) is -1.37. The van der Waals surface area contributed by atoms with Crippen molar-refractivity contribution in [1.29, 1.82) is 0 Å². The molecule has 0 radical (unpaired) electrons. The number of phenolic OH excluding ortho intramolecular Hbond substituents is 1. The zero-order chi connectivity index (χ0) is 15.7. The molecule has 0 aliphatic carbocycles. The van der Waals surface area contributed by atoms with Gasteiger partial charge in [0.15, 0.2) is 0 Å². The van der Waals surface area contributed by atoms with E-state index in [0.29, 0.717) is 24.0 Å². The van der Waals surface area contributed by atoms with Crippen molar-refractivity contribution < 1.29 is 19.8 Å². The van der Waals surface area contributed by atoms with Crippen molar-refractivity contribution >= 4 is 22.8 Å². The number of nitrogens with zero attached hydrogens (tertiary/aromatic N) is 2. The highest BCUT2D eigenvalue weighted by molar-refractivity contribution is 6.08. The zero-order valence-corrected chi connectivity index (χ0v) is 12.0. The minimum absolute atomic E-state index is 0.0186. The van der Waals surface area contributed by atoms with Gasteiger partial charge in [0.1, 0.15) is 11.4 Å². The number of fused-ring (bicyclic) bond motifs is 1. The molecular formula is C16H16N2O4. The summed E-state index contributed by atoms with van der Waals surface area (Å²) in [6, 6.07) is 5.69. The summed E-state index contributed by atoms with van der Waals surface area (Å²) in [5, 5.41) is 19.3. The van der Waals surface area contributed by atoms with Gasteiger partial charge in [0.2, 0.25) is 0 Å². The van der Waals surface area contributed by atoms with E-state index in [1.165, 1.54) is 24.3 Å². The number of hydrogen-bond donors (Lipinski definition) is 2. The maximum absolute atomic E-state index is 12.7. The van der Waals surface area contributed by atoms with E-state index in [2.05, 4.69) is 4.98 Å². The fourth-order valence-electron chi connectivity index (χ4n) is 2.77. The second-order valence-corrected chi connectivity index (χ2v) is 5.41. The third kappa shape index (κ3) is 2.59. The van der Waals surface area contributed by atoms with Gasteiger partial charge in [-0.05, 0) is 43.5 Å². The van der Waals surface area contributed by atoms with Crippen LogP contribution in [0.2, 0.25) is 0 Å². The van der Waals surface area contributed by atoms with Gasteiger partial charge < -0.3 is 15.1 Å². The van der Waals surface area contributed by atoms with E-state index in [1.807, 2.05) is 0 Å². The second-order valence-electron chi connectivity index (χ2n) is 5.41. The Bertz CT molecular complexity index is 751. The topological polar surface area (TPSA) is 90.7 Å². The van der Waals surface area contributed by atoms with Crippen molar-refractivity contribution in [2.75, 3.05) is 13.1 Å². The molecule has 1 amide bonds. The van der Waals surface area contributed by atoms with Crippen LogP contribution in [-0.2, 0) is 0 Å². The molecule has 1 aliphatic heterocycles. The lowest BCUT2D eigenvalue weighted by atomic mass is 10.0. The number of carbonyl (C=O) groups is 2. The Morgan fingerprint density at radius 2 is 1.82 bits per heavy atom. The van der Waals surface area contributed by atoms with Crippen LogP contribution in [0.5, 0.6) is 5.75 Å². The summed E-state index contributed by atoms with van der Waals surface area (Å²) in [6.45, 7) is 1.34. The smallest absolute Gasteiger partial charge is 0.354 e. The number of likely N-dealkylation sites (tertiary alicyclic amines) is 1. The highest BCUT2D eigenvalue weighted by Crippen LogP contribution is 2.25. The third-order valence-electron chi connectivity index (χ3n) is 3.89. The zero-order valence-electron chi connectivity index (χ0n) is 12.0. The van der Waals surface area contributed by atoms with Crippen molar-refractivity contribution in [3.8, 4) is 5.75 Å². The van der Waals surface area contributed by atoms with E-state index < -0.39 is 5.97 Å². The molecule has 2 N–H and O–H groups in total. The van der Waals surface area contributed by atoms with Gasteiger partial charge in [-0.25, -0.2) is 9.78 Å². The number of phenols is 1. The lowest BCUT2D eigenvalue weighted by molar-refractivity contribution is 0.0691. The van der Waals surface area contributed by atoms with Gasteiger partial charge in [-0.1, -0.05) is 0 Å². The van der Waals surface area contributed by atoms with Gasteiger partial charge in [-0.15, -0.1) is 0 Å². The van der Waals surface area contributed by atoms with E-state index in [4.69, 9.17) is 0 Å². The SMILES string of the molecule is O=C(O)c1cc(C(=O)N2CCCCC2)c2cc(O)ccc2n1. The minimum atomic E-state index is -1.18. The number of benzene rings is 1.